The van der Waals surface area contributed by atoms with E-state index in [-0.39, 0.29) is 0 Å². The fourth-order valence-corrected chi connectivity index (χ4v) is 5.25. The summed E-state index contributed by atoms with van der Waals surface area (Å²) < 4.78 is 0. The molecule has 1 nitrogen and oxygen atoms in total. The highest BCUT2D eigenvalue weighted by molar-refractivity contribution is 5.59. The van der Waals surface area contributed by atoms with Crippen LogP contribution in [0.2, 0.25) is 0 Å². The van der Waals surface area contributed by atoms with E-state index >= 15 is 0 Å². The standard InChI is InChI=1S/C30H45N/c1-3-5-7-8-9-11-13-26-16-23-30(31-24-26)29-21-19-28(20-22-29)27-17-14-25(15-18-27)12-10-6-4-2/h16,19-25,27H,3-15,17-18H2,1-2H3. The van der Waals surface area contributed by atoms with E-state index < -0.39 is 0 Å². The summed E-state index contributed by atoms with van der Waals surface area (Å²) >= 11 is 0. The van der Waals surface area contributed by atoms with Gasteiger partial charge in [-0.05, 0) is 67.6 Å². The van der Waals surface area contributed by atoms with Gasteiger partial charge in [0.25, 0.3) is 0 Å². The van der Waals surface area contributed by atoms with Crippen LogP contribution in [0.15, 0.2) is 42.6 Å². The summed E-state index contributed by atoms with van der Waals surface area (Å²) in [6.45, 7) is 4.59. The van der Waals surface area contributed by atoms with Gasteiger partial charge in [-0.3, -0.25) is 4.98 Å². The van der Waals surface area contributed by atoms with Gasteiger partial charge in [0.1, 0.15) is 0 Å². The van der Waals surface area contributed by atoms with E-state index in [4.69, 9.17) is 4.98 Å². The molecule has 0 spiro atoms. The van der Waals surface area contributed by atoms with Gasteiger partial charge in [0.15, 0.2) is 0 Å². The molecule has 0 atom stereocenters. The van der Waals surface area contributed by atoms with Gasteiger partial charge in [0, 0.05) is 11.8 Å². The summed E-state index contributed by atoms with van der Waals surface area (Å²) in [6.07, 6.45) is 22.6. The number of nitrogens with zero attached hydrogens (tertiary/aromatic N) is 1. The molecule has 1 fully saturated rings. The van der Waals surface area contributed by atoms with Gasteiger partial charge >= 0.3 is 0 Å². The fraction of sp³-hybridized carbons (Fsp3) is 0.633. The highest BCUT2D eigenvalue weighted by atomic mass is 14.7. The molecule has 0 unspecified atom stereocenters. The van der Waals surface area contributed by atoms with Gasteiger partial charge in [-0.15, -0.1) is 0 Å². The first-order valence-corrected chi connectivity index (χ1v) is 13.4. The Bertz CT molecular complexity index is 707. The number of aryl methyl sites for hydroxylation is 1. The number of aromatic nitrogens is 1. The Labute approximate surface area is 192 Å². The fourth-order valence-electron chi connectivity index (χ4n) is 5.25. The van der Waals surface area contributed by atoms with Crippen molar-refractivity contribution in [3.63, 3.8) is 0 Å². The van der Waals surface area contributed by atoms with Crippen LogP contribution in [-0.4, -0.2) is 4.98 Å². The van der Waals surface area contributed by atoms with Crippen molar-refractivity contribution in [2.45, 2.75) is 116 Å². The van der Waals surface area contributed by atoms with Gasteiger partial charge in [-0.1, -0.05) is 102 Å². The van der Waals surface area contributed by atoms with Crippen molar-refractivity contribution in [3.05, 3.63) is 53.7 Å². The molecule has 1 heteroatoms. The van der Waals surface area contributed by atoms with Crippen molar-refractivity contribution >= 4 is 0 Å². The van der Waals surface area contributed by atoms with Gasteiger partial charge in [0.05, 0.1) is 5.69 Å². The maximum Gasteiger partial charge on any atom is 0.0702 e. The summed E-state index contributed by atoms with van der Waals surface area (Å²) in [7, 11) is 0. The molecule has 3 rings (SSSR count). The van der Waals surface area contributed by atoms with Crippen LogP contribution in [0.25, 0.3) is 11.3 Å². The smallest absolute Gasteiger partial charge is 0.0702 e. The van der Waals surface area contributed by atoms with Crippen LogP contribution in [-0.2, 0) is 6.42 Å². The van der Waals surface area contributed by atoms with Crippen molar-refractivity contribution in [1.82, 2.24) is 4.98 Å². The number of rotatable bonds is 13. The average molecular weight is 420 g/mol. The molecule has 1 aromatic heterocycles. The van der Waals surface area contributed by atoms with Crippen LogP contribution in [0.4, 0.5) is 0 Å². The minimum absolute atomic E-state index is 0.768. The molecule has 0 saturated heterocycles. The first-order chi connectivity index (χ1) is 15.3. The topological polar surface area (TPSA) is 12.9 Å². The monoisotopic (exact) mass is 419 g/mol. The van der Waals surface area contributed by atoms with E-state index in [9.17, 15) is 0 Å². The van der Waals surface area contributed by atoms with Crippen molar-refractivity contribution in [3.8, 4) is 11.3 Å². The van der Waals surface area contributed by atoms with E-state index in [0.29, 0.717) is 0 Å². The molecular formula is C30H45N. The number of hydrogen-bond donors (Lipinski definition) is 0. The number of benzene rings is 1. The minimum Gasteiger partial charge on any atom is -0.256 e. The predicted molar refractivity (Wildman–Crippen MR) is 136 cm³/mol. The molecule has 0 bridgehead atoms. The summed E-state index contributed by atoms with van der Waals surface area (Å²) in [5.74, 6) is 1.75. The van der Waals surface area contributed by atoms with E-state index in [1.165, 1.54) is 113 Å². The Kier molecular flexibility index (Phi) is 10.6. The zero-order valence-electron chi connectivity index (χ0n) is 20.2. The summed E-state index contributed by atoms with van der Waals surface area (Å²) in [5, 5.41) is 0. The lowest BCUT2D eigenvalue weighted by Gasteiger charge is -2.29. The first kappa shape index (κ1) is 24.0. The van der Waals surface area contributed by atoms with E-state index in [1.54, 1.807) is 0 Å². The number of pyridine rings is 1. The van der Waals surface area contributed by atoms with E-state index in [2.05, 4.69) is 56.4 Å². The molecule has 1 aliphatic carbocycles. The molecule has 1 aromatic carbocycles. The molecule has 0 amide bonds. The SMILES string of the molecule is CCCCCCCCc1ccc(-c2ccc(C3CCC(CCCCC)CC3)cc2)nc1. The van der Waals surface area contributed by atoms with Crippen LogP contribution in [0.5, 0.6) is 0 Å². The van der Waals surface area contributed by atoms with E-state index in [1.807, 2.05) is 0 Å². The number of unbranched alkanes of at least 4 members (excludes halogenated alkanes) is 7. The summed E-state index contributed by atoms with van der Waals surface area (Å²) in [4.78, 5) is 4.76. The van der Waals surface area contributed by atoms with Crippen molar-refractivity contribution in [2.75, 3.05) is 0 Å². The molecule has 0 aliphatic heterocycles. The Morgan fingerprint density at radius 1 is 0.710 bits per heavy atom. The maximum absolute atomic E-state index is 4.76. The molecule has 0 radical (unpaired) electrons. The zero-order valence-corrected chi connectivity index (χ0v) is 20.2. The van der Waals surface area contributed by atoms with Gasteiger partial charge in [-0.25, -0.2) is 0 Å². The van der Waals surface area contributed by atoms with Gasteiger partial charge < -0.3 is 0 Å². The third-order valence-corrected chi connectivity index (χ3v) is 7.38. The molecule has 1 heterocycles. The number of hydrogen-bond acceptors (Lipinski definition) is 1. The molecule has 2 aromatic rings. The van der Waals surface area contributed by atoms with Crippen molar-refractivity contribution < 1.29 is 0 Å². The van der Waals surface area contributed by atoms with Crippen LogP contribution in [0, 0.1) is 5.92 Å². The third kappa shape index (κ3) is 8.09. The second-order valence-corrected chi connectivity index (χ2v) is 9.90. The maximum atomic E-state index is 4.76. The summed E-state index contributed by atoms with van der Waals surface area (Å²) in [6, 6.07) is 13.8. The zero-order chi connectivity index (χ0) is 21.7. The largest absolute Gasteiger partial charge is 0.256 e. The normalized spacial score (nSPS) is 18.9. The van der Waals surface area contributed by atoms with Crippen LogP contribution in [0.3, 0.4) is 0 Å². The lowest BCUT2D eigenvalue weighted by Crippen LogP contribution is -2.13. The highest BCUT2D eigenvalue weighted by Crippen LogP contribution is 2.38. The van der Waals surface area contributed by atoms with Crippen molar-refractivity contribution in [2.24, 2.45) is 5.92 Å². The Morgan fingerprint density at radius 3 is 2.06 bits per heavy atom. The Hall–Kier alpha value is -1.63. The second-order valence-electron chi connectivity index (χ2n) is 9.90. The predicted octanol–water partition coefficient (Wildman–Crippen LogP) is 9.51. The van der Waals surface area contributed by atoms with Crippen LogP contribution < -0.4 is 0 Å². The van der Waals surface area contributed by atoms with E-state index in [0.717, 1.165) is 17.5 Å². The third-order valence-electron chi connectivity index (χ3n) is 7.38. The van der Waals surface area contributed by atoms with Crippen molar-refractivity contribution in [1.29, 1.82) is 0 Å². The quantitative estimate of drug-likeness (QED) is 0.294. The van der Waals surface area contributed by atoms with Crippen LogP contribution >= 0.6 is 0 Å². The minimum atomic E-state index is 0.768. The second kappa shape index (κ2) is 13.7. The lowest BCUT2D eigenvalue weighted by molar-refractivity contribution is 0.303. The average Bonchev–Trinajstić information content (AvgIpc) is 2.82. The molecule has 170 valence electrons. The van der Waals surface area contributed by atoms with Crippen LogP contribution in [0.1, 0.15) is 121 Å². The van der Waals surface area contributed by atoms with Gasteiger partial charge in [-0.2, -0.15) is 0 Å². The van der Waals surface area contributed by atoms with Gasteiger partial charge in [0.2, 0.25) is 0 Å². The first-order valence-electron chi connectivity index (χ1n) is 13.4. The molecule has 1 saturated carbocycles. The molecular weight excluding hydrogens is 374 g/mol. The summed E-state index contributed by atoms with van der Waals surface area (Å²) in [5.41, 5.74) is 5.28. The highest BCUT2D eigenvalue weighted by Gasteiger charge is 2.22. The lowest BCUT2D eigenvalue weighted by atomic mass is 9.77. The Morgan fingerprint density at radius 2 is 1.39 bits per heavy atom. The molecule has 1 aliphatic rings. The molecule has 31 heavy (non-hydrogen) atoms. The Balaban J connectivity index is 1.43. The molecule has 0 N–H and O–H groups in total.